The van der Waals surface area contributed by atoms with Crippen LogP contribution in [0.3, 0.4) is 0 Å². The molecule has 0 aliphatic heterocycles. The minimum Gasteiger partial charge on any atom is -0.335 e. The number of rotatable bonds is 7. The first-order valence-corrected chi connectivity index (χ1v) is 11.4. The van der Waals surface area contributed by atoms with Crippen molar-refractivity contribution in [2.75, 3.05) is 13.1 Å². The molecule has 0 bridgehead atoms. The van der Waals surface area contributed by atoms with Gasteiger partial charge >= 0.3 is 6.03 Å². The Balaban J connectivity index is 1.98. The van der Waals surface area contributed by atoms with E-state index in [-0.39, 0.29) is 23.0 Å². The first-order valence-electron chi connectivity index (χ1n) is 9.96. The van der Waals surface area contributed by atoms with Gasteiger partial charge in [0.25, 0.3) is 0 Å². The van der Waals surface area contributed by atoms with Crippen molar-refractivity contribution in [2.45, 2.75) is 70.4 Å². The molecule has 0 unspecified atom stereocenters. The van der Waals surface area contributed by atoms with Crippen molar-refractivity contribution in [3.63, 3.8) is 0 Å². The zero-order chi connectivity index (χ0) is 20.0. The van der Waals surface area contributed by atoms with Crippen molar-refractivity contribution in [2.24, 2.45) is 5.92 Å². The molecule has 1 aromatic rings. The Kier molecular flexibility index (Phi) is 7.68. The first kappa shape index (κ1) is 21.7. The molecule has 1 saturated carbocycles. The van der Waals surface area contributed by atoms with Gasteiger partial charge in [0.2, 0.25) is 10.0 Å². The molecular formula is C20H33N3O3S. The SMILES string of the molecule is CCN(CC)S(=O)(=O)c1ccc([C@H](C)NC(=O)N[C@H]2CCCC[C@@H]2C)cc1. The fourth-order valence-electron chi connectivity index (χ4n) is 3.66. The van der Waals surface area contributed by atoms with E-state index >= 15 is 0 Å². The van der Waals surface area contributed by atoms with Crippen LogP contribution in [0.15, 0.2) is 29.2 Å². The van der Waals surface area contributed by atoms with E-state index in [1.807, 2.05) is 20.8 Å². The summed E-state index contributed by atoms with van der Waals surface area (Å²) in [4.78, 5) is 12.6. The maximum Gasteiger partial charge on any atom is 0.315 e. The highest BCUT2D eigenvalue weighted by molar-refractivity contribution is 7.89. The summed E-state index contributed by atoms with van der Waals surface area (Å²) in [7, 11) is -3.46. The Hall–Kier alpha value is -1.60. The molecule has 2 N–H and O–H groups in total. The number of hydrogen-bond acceptors (Lipinski definition) is 3. The Morgan fingerprint density at radius 2 is 1.74 bits per heavy atom. The Morgan fingerprint density at radius 3 is 2.30 bits per heavy atom. The van der Waals surface area contributed by atoms with Crippen LogP contribution in [0, 0.1) is 5.92 Å². The van der Waals surface area contributed by atoms with E-state index in [0.717, 1.165) is 24.8 Å². The molecule has 0 radical (unpaired) electrons. The van der Waals surface area contributed by atoms with E-state index in [2.05, 4.69) is 17.6 Å². The fraction of sp³-hybridized carbons (Fsp3) is 0.650. The van der Waals surface area contributed by atoms with Crippen molar-refractivity contribution in [3.8, 4) is 0 Å². The number of nitrogens with one attached hydrogen (secondary N) is 2. The maximum absolute atomic E-state index is 12.6. The highest BCUT2D eigenvalue weighted by Crippen LogP contribution is 2.24. The van der Waals surface area contributed by atoms with Gasteiger partial charge < -0.3 is 10.6 Å². The number of benzene rings is 1. The van der Waals surface area contributed by atoms with Gasteiger partial charge in [0.15, 0.2) is 0 Å². The maximum atomic E-state index is 12.6. The topological polar surface area (TPSA) is 78.5 Å². The molecule has 2 rings (SSSR count). The van der Waals surface area contributed by atoms with Gasteiger partial charge in [0.1, 0.15) is 0 Å². The van der Waals surface area contributed by atoms with E-state index in [4.69, 9.17) is 0 Å². The van der Waals surface area contributed by atoms with Gasteiger partial charge in [-0.25, -0.2) is 13.2 Å². The second kappa shape index (κ2) is 9.55. The molecule has 7 heteroatoms. The number of hydrogen-bond donors (Lipinski definition) is 2. The quantitative estimate of drug-likeness (QED) is 0.739. The van der Waals surface area contributed by atoms with Gasteiger partial charge in [0, 0.05) is 19.1 Å². The molecule has 152 valence electrons. The Morgan fingerprint density at radius 1 is 1.15 bits per heavy atom. The van der Waals surface area contributed by atoms with Crippen LogP contribution >= 0.6 is 0 Å². The van der Waals surface area contributed by atoms with Gasteiger partial charge in [-0.2, -0.15) is 4.31 Å². The van der Waals surface area contributed by atoms with Gasteiger partial charge in [-0.1, -0.05) is 45.7 Å². The molecule has 0 saturated heterocycles. The van der Waals surface area contributed by atoms with E-state index in [0.29, 0.717) is 19.0 Å². The van der Waals surface area contributed by atoms with Gasteiger partial charge in [-0.05, 0) is 43.4 Å². The van der Waals surface area contributed by atoms with E-state index < -0.39 is 10.0 Å². The summed E-state index contributed by atoms with van der Waals surface area (Å²) < 4.78 is 26.5. The van der Waals surface area contributed by atoms with Crippen LogP contribution in [0.1, 0.15) is 65.0 Å². The summed E-state index contributed by atoms with van der Waals surface area (Å²) >= 11 is 0. The summed E-state index contributed by atoms with van der Waals surface area (Å²) in [5.74, 6) is 0.504. The van der Waals surface area contributed by atoms with Crippen molar-refractivity contribution in [3.05, 3.63) is 29.8 Å². The molecular weight excluding hydrogens is 362 g/mol. The zero-order valence-electron chi connectivity index (χ0n) is 16.9. The second-order valence-corrected chi connectivity index (χ2v) is 9.30. The smallest absolute Gasteiger partial charge is 0.315 e. The second-order valence-electron chi connectivity index (χ2n) is 7.37. The minimum atomic E-state index is -3.46. The van der Waals surface area contributed by atoms with E-state index in [1.54, 1.807) is 24.3 Å². The third-order valence-electron chi connectivity index (χ3n) is 5.50. The normalized spacial score (nSPS) is 21.7. The predicted octanol–water partition coefficient (Wildman–Crippen LogP) is 3.66. The van der Waals surface area contributed by atoms with Gasteiger partial charge in [-0.3, -0.25) is 0 Å². The van der Waals surface area contributed by atoms with E-state index in [1.165, 1.54) is 10.7 Å². The van der Waals surface area contributed by atoms with Crippen LogP contribution in [-0.2, 0) is 10.0 Å². The Bertz CT molecular complexity index is 714. The number of sulfonamides is 1. The molecule has 1 aliphatic carbocycles. The molecule has 0 heterocycles. The monoisotopic (exact) mass is 395 g/mol. The largest absolute Gasteiger partial charge is 0.335 e. The number of amides is 2. The molecule has 0 spiro atoms. The summed E-state index contributed by atoms with van der Waals surface area (Å²) in [5.41, 5.74) is 0.875. The lowest BCUT2D eigenvalue weighted by Gasteiger charge is -2.30. The van der Waals surface area contributed by atoms with Crippen molar-refractivity contribution < 1.29 is 13.2 Å². The lowest BCUT2D eigenvalue weighted by Crippen LogP contribution is -2.46. The van der Waals surface area contributed by atoms with Crippen molar-refractivity contribution >= 4 is 16.1 Å². The first-order chi connectivity index (χ1) is 12.8. The standard InChI is InChI=1S/C20H33N3O3S/c1-5-23(6-2)27(25,26)18-13-11-17(12-14-18)16(4)21-20(24)22-19-10-8-7-9-15(19)3/h11-16,19H,5-10H2,1-4H3,(H2,21,22,24)/t15-,16-,19-/m0/s1. The molecule has 6 nitrogen and oxygen atoms in total. The lowest BCUT2D eigenvalue weighted by molar-refractivity contribution is 0.219. The molecule has 1 aliphatic rings. The Labute approximate surface area is 163 Å². The summed E-state index contributed by atoms with van der Waals surface area (Å²) in [5, 5.41) is 6.04. The predicted molar refractivity (Wildman–Crippen MR) is 108 cm³/mol. The number of nitrogens with zero attached hydrogens (tertiary/aromatic N) is 1. The fourth-order valence-corrected chi connectivity index (χ4v) is 5.12. The average Bonchev–Trinajstić information content (AvgIpc) is 2.64. The van der Waals surface area contributed by atoms with Crippen LogP contribution in [-0.4, -0.2) is 37.9 Å². The number of urea groups is 1. The van der Waals surface area contributed by atoms with Crippen LogP contribution < -0.4 is 10.6 Å². The van der Waals surface area contributed by atoms with Crippen LogP contribution in [0.25, 0.3) is 0 Å². The highest BCUT2D eigenvalue weighted by Gasteiger charge is 2.24. The van der Waals surface area contributed by atoms with Crippen molar-refractivity contribution in [1.82, 2.24) is 14.9 Å². The van der Waals surface area contributed by atoms with Crippen LogP contribution in [0.5, 0.6) is 0 Å². The van der Waals surface area contributed by atoms with E-state index in [9.17, 15) is 13.2 Å². The molecule has 0 aromatic heterocycles. The molecule has 1 fully saturated rings. The molecule has 3 atom stereocenters. The van der Waals surface area contributed by atoms with Crippen LogP contribution in [0.4, 0.5) is 4.79 Å². The zero-order valence-corrected chi connectivity index (χ0v) is 17.7. The lowest BCUT2D eigenvalue weighted by atomic mass is 9.86. The molecule has 2 amide bonds. The molecule has 27 heavy (non-hydrogen) atoms. The highest BCUT2D eigenvalue weighted by atomic mass is 32.2. The number of carbonyl (C=O) groups excluding carboxylic acids is 1. The number of carbonyl (C=O) groups is 1. The summed E-state index contributed by atoms with van der Waals surface area (Å²) in [6.45, 7) is 8.62. The molecule has 1 aromatic carbocycles. The third kappa shape index (κ3) is 5.45. The third-order valence-corrected chi connectivity index (χ3v) is 7.56. The van der Waals surface area contributed by atoms with Gasteiger partial charge in [0.05, 0.1) is 10.9 Å². The summed E-state index contributed by atoms with van der Waals surface area (Å²) in [6, 6.07) is 6.63. The average molecular weight is 396 g/mol. The van der Waals surface area contributed by atoms with Crippen LogP contribution in [0.2, 0.25) is 0 Å². The minimum absolute atomic E-state index is 0.166. The summed E-state index contributed by atoms with van der Waals surface area (Å²) in [6.07, 6.45) is 4.58. The van der Waals surface area contributed by atoms with Crippen molar-refractivity contribution in [1.29, 1.82) is 0 Å². The van der Waals surface area contributed by atoms with Gasteiger partial charge in [-0.15, -0.1) is 0 Å².